The lowest BCUT2D eigenvalue weighted by atomic mass is 10.1. The van der Waals surface area contributed by atoms with Crippen molar-refractivity contribution < 1.29 is 4.79 Å². The van der Waals surface area contributed by atoms with Gasteiger partial charge in [0, 0.05) is 50.7 Å². The Morgan fingerprint density at radius 1 is 1.28 bits per heavy atom. The van der Waals surface area contributed by atoms with Crippen molar-refractivity contribution in [3.05, 3.63) is 35.4 Å². The number of guanidine groups is 1. The van der Waals surface area contributed by atoms with Gasteiger partial charge in [-0.25, -0.2) is 4.99 Å². The molecule has 1 aromatic carbocycles. The summed E-state index contributed by atoms with van der Waals surface area (Å²) < 4.78 is 0. The van der Waals surface area contributed by atoms with Crippen LogP contribution in [0.15, 0.2) is 29.3 Å². The molecule has 1 aromatic rings. The molecule has 2 unspecified atom stereocenters. The molecule has 2 saturated heterocycles. The van der Waals surface area contributed by atoms with Crippen molar-refractivity contribution in [2.75, 3.05) is 19.6 Å². The molecule has 0 aromatic heterocycles. The Balaban J connectivity index is 1.35. The highest BCUT2D eigenvalue weighted by Gasteiger charge is 2.38. The predicted molar refractivity (Wildman–Crippen MR) is 117 cm³/mol. The smallest absolute Gasteiger partial charge is 0.222 e. The lowest BCUT2D eigenvalue weighted by Gasteiger charge is -2.20. The summed E-state index contributed by atoms with van der Waals surface area (Å²) in [5.74, 6) is 1.18. The molecule has 2 N–H and O–H groups in total. The first-order valence-electron chi connectivity index (χ1n) is 11.3. The van der Waals surface area contributed by atoms with Crippen LogP contribution in [0.5, 0.6) is 0 Å². The average molecular weight is 398 g/mol. The Morgan fingerprint density at radius 2 is 2.10 bits per heavy atom. The van der Waals surface area contributed by atoms with Crippen LogP contribution in [-0.4, -0.2) is 59.4 Å². The van der Waals surface area contributed by atoms with Crippen LogP contribution in [0, 0.1) is 0 Å². The zero-order valence-corrected chi connectivity index (χ0v) is 17.9. The van der Waals surface area contributed by atoms with Gasteiger partial charge in [0.1, 0.15) is 0 Å². The standard InChI is InChI=1S/C23H35N5O/c1-3-24-23(26-20-12-17(2)28(16-20)21-9-10-21)25-14-18-6-4-7-19(13-18)15-27-11-5-8-22(27)29/h4,6-7,13,17,20-21H,3,5,8-12,14-16H2,1-2H3,(H2,24,25,26). The normalized spacial score (nSPS) is 25.7. The van der Waals surface area contributed by atoms with Gasteiger partial charge in [0.15, 0.2) is 5.96 Å². The third-order valence-electron chi connectivity index (χ3n) is 6.28. The Morgan fingerprint density at radius 3 is 2.83 bits per heavy atom. The third kappa shape index (κ3) is 5.30. The highest BCUT2D eigenvalue weighted by molar-refractivity contribution is 5.80. The summed E-state index contributed by atoms with van der Waals surface area (Å²) in [6, 6.07) is 10.4. The largest absolute Gasteiger partial charge is 0.357 e. The summed E-state index contributed by atoms with van der Waals surface area (Å²) in [5, 5.41) is 7.05. The van der Waals surface area contributed by atoms with E-state index in [0.29, 0.717) is 31.6 Å². The first kappa shape index (κ1) is 20.2. The maximum Gasteiger partial charge on any atom is 0.222 e. The minimum atomic E-state index is 0.276. The van der Waals surface area contributed by atoms with E-state index in [1.165, 1.54) is 30.4 Å². The summed E-state index contributed by atoms with van der Waals surface area (Å²) in [4.78, 5) is 21.3. The van der Waals surface area contributed by atoms with Crippen LogP contribution >= 0.6 is 0 Å². The van der Waals surface area contributed by atoms with Crippen LogP contribution in [0.25, 0.3) is 0 Å². The van der Waals surface area contributed by atoms with Gasteiger partial charge in [-0.15, -0.1) is 0 Å². The van der Waals surface area contributed by atoms with E-state index in [9.17, 15) is 4.79 Å². The number of hydrogen-bond donors (Lipinski definition) is 2. The van der Waals surface area contributed by atoms with E-state index >= 15 is 0 Å². The molecule has 6 heteroatoms. The molecule has 4 rings (SSSR count). The van der Waals surface area contributed by atoms with Gasteiger partial charge in [-0.1, -0.05) is 24.3 Å². The van der Waals surface area contributed by atoms with Crippen LogP contribution in [0.3, 0.4) is 0 Å². The second-order valence-electron chi connectivity index (χ2n) is 8.79. The number of benzene rings is 1. The van der Waals surface area contributed by atoms with Crippen molar-refractivity contribution in [2.24, 2.45) is 4.99 Å². The number of carbonyl (C=O) groups excluding carboxylic acids is 1. The Labute approximate surface area is 174 Å². The lowest BCUT2D eigenvalue weighted by Crippen LogP contribution is -2.44. The van der Waals surface area contributed by atoms with Crippen molar-refractivity contribution in [2.45, 2.75) is 77.2 Å². The van der Waals surface area contributed by atoms with Crippen molar-refractivity contribution >= 4 is 11.9 Å². The molecule has 3 fully saturated rings. The molecule has 2 atom stereocenters. The monoisotopic (exact) mass is 397 g/mol. The zero-order valence-electron chi connectivity index (χ0n) is 17.9. The van der Waals surface area contributed by atoms with Gasteiger partial charge in [0.25, 0.3) is 0 Å². The van der Waals surface area contributed by atoms with E-state index in [4.69, 9.17) is 4.99 Å². The van der Waals surface area contributed by atoms with Gasteiger partial charge in [-0.2, -0.15) is 0 Å². The second kappa shape index (κ2) is 9.16. The number of amides is 1. The van der Waals surface area contributed by atoms with Crippen LogP contribution in [-0.2, 0) is 17.9 Å². The number of nitrogens with zero attached hydrogens (tertiary/aromatic N) is 3. The van der Waals surface area contributed by atoms with Gasteiger partial charge in [-0.05, 0) is 50.7 Å². The molecule has 0 radical (unpaired) electrons. The van der Waals surface area contributed by atoms with Gasteiger partial charge in [-0.3, -0.25) is 9.69 Å². The molecule has 158 valence electrons. The molecule has 0 bridgehead atoms. The minimum absolute atomic E-state index is 0.276. The fourth-order valence-electron chi connectivity index (χ4n) is 4.68. The first-order valence-corrected chi connectivity index (χ1v) is 11.3. The summed E-state index contributed by atoms with van der Waals surface area (Å²) in [5.41, 5.74) is 2.38. The van der Waals surface area contributed by atoms with Gasteiger partial charge >= 0.3 is 0 Å². The average Bonchev–Trinajstić information content (AvgIpc) is 3.38. The molecule has 2 aliphatic heterocycles. The van der Waals surface area contributed by atoms with E-state index in [2.05, 4.69) is 53.6 Å². The van der Waals surface area contributed by atoms with Crippen molar-refractivity contribution in [3.63, 3.8) is 0 Å². The van der Waals surface area contributed by atoms with Gasteiger partial charge < -0.3 is 15.5 Å². The van der Waals surface area contributed by atoms with E-state index in [1.807, 2.05) is 4.90 Å². The molecule has 29 heavy (non-hydrogen) atoms. The summed E-state index contributed by atoms with van der Waals surface area (Å²) >= 11 is 0. The molecule has 1 aliphatic carbocycles. The fraction of sp³-hybridized carbons (Fsp3) is 0.652. The van der Waals surface area contributed by atoms with Crippen LogP contribution in [0.2, 0.25) is 0 Å². The summed E-state index contributed by atoms with van der Waals surface area (Å²) in [7, 11) is 0. The molecule has 1 amide bonds. The maximum atomic E-state index is 11.9. The molecular weight excluding hydrogens is 362 g/mol. The van der Waals surface area contributed by atoms with E-state index in [0.717, 1.165) is 38.1 Å². The summed E-state index contributed by atoms with van der Waals surface area (Å²) in [6.45, 7) is 8.68. The molecule has 1 saturated carbocycles. The van der Waals surface area contributed by atoms with Crippen molar-refractivity contribution in [1.29, 1.82) is 0 Å². The quantitative estimate of drug-likeness (QED) is 0.548. The first-order chi connectivity index (χ1) is 14.1. The Bertz CT molecular complexity index is 745. The van der Waals surface area contributed by atoms with Crippen LogP contribution < -0.4 is 10.6 Å². The second-order valence-corrected chi connectivity index (χ2v) is 8.79. The third-order valence-corrected chi connectivity index (χ3v) is 6.28. The highest BCUT2D eigenvalue weighted by Crippen LogP contribution is 2.33. The number of carbonyl (C=O) groups is 1. The van der Waals surface area contributed by atoms with Crippen LogP contribution in [0.4, 0.5) is 0 Å². The minimum Gasteiger partial charge on any atom is -0.357 e. The Kier molecular flexibility index (Phi) is 6.38. The highest BCUT2D eigenvalue weighted by atomic mass is 16.2. The number of hydrogen-bond acceptors (Lipinski definition) is 3. The number of rotatable bonds is 7. The van der Waals surface area contributed by atoms with Gasteiger partial charge in [0.05, 0.1) is 6.54 Å². The number of aliphatic imine (C=N–C) groups is 1. The lowest BCUT2D eigenvalue weighted by molar-refractivity contribution is -0.128. The van der Waals surface area contributed by atoms with Crippen molar-refractivity contribution in [3.8, 4) is 0 Å². The topological polar surface area (TPSA) is 60.0 Å². The molecule has 0 spiro atoms. The fourth-order valence-corrected chi connectivity index (χ4v) is 4.68. The number of nitrogens with one attached hydrogen (secondary N) is 2. The number of likely N-dealkylation sites (tertiary alicyclic amines) is 2. The van der Waals surface area contributed by atoms with E-state index in [-0.39, 0.29) is 5.91 Å². The molecule has 3 aliphatic rings. The maximum absolute atomic E-state index is 11.9. The molecule has 6 nitrogen and oxygen atoms in total. The van der Waals surface area contributed by atoms with Crippen molar-refractivity contribution in [1.82, 2.24) is 20.4 Å². The van der Waals surface area contributed by atoms with Crippen LogP contribution in [0.1, 0.15) is 57.1 Å². The van der Waals surface area contributed by atoms with E-state index in [1.54, 1.807) is 0 Å². The zero-order chi connectivity index (χ0) is 20.2. The van der Waals surface area contributed by atoms with Gasteiger partial charge in [0.2, 0.25) is 5.91 Å². The predicted octanol–water partition coefficient (Wildman–Crippen LogP) is 2.49. The SMILES string of the molecule is CCNC(=NCc1cccc(CN2CCCC2=O)c1)NC1CC(C)N(C2CC2)C1. The summed E-state index contributed by atoms with van der Waals surface area (Å²) in [6.07, 6.45) is 5.59. The molecule has 2 heterocycles. The Hall–Kier alpha value is -2.08. The van der Waals surface area contributed by atoms with E-state index < -0.39 is 0 Å². The molecular formula is C23H35N5O.